The van der Waals surface area contributed by atoms with Crippen molar-refractivity contribution in [2.24, 2.45) is 16.5 Å². The van der Waals surface area contributed by atoms with Gasteiger partial charge < -0.3 is 21.7 Å². The van der Waals surface area contributed by atoms with Gasteiger partial charge in [0.1, 0.15) is 18.1 Å². The summed E-state index contributed by atoms with van der Waals surface area (Å²) >= 11 is 1.25. The number of nitrogens with zero attached hydrogens (tertiary/aromatic N) is 4. The molecule has 1 aliphatic heterocycles. The Balaban J connectivity index is 0.00000385. The second-order valence-electron chi connectivity index (χ2n) is 7.10. The average molecular weight is 472 g/mol. The van der Waals surface area contributed by atoms with Gasteiger partial charge in [0, 0.05) is 39.7 Å². The highest BCUT2D eigenvalue weighted by atomic mass is 32.2. The molecule has 8 nitrogen and oxygen atoms in total. The Morgan fingerprint density at radius 2 is 1.97 bits per heavy atom. The van der Waals surface area contributed by atoms with Crippen molar-refractivity contribution in [1.82, 2.24) is 9.97 Å². The maximum atomic E-state index is 12.3. The lowest BCUT2D eigenvalue weighted by Crippen LogP contribution is -2.37. The van der Waals surface area contributed by atoms with E-state index in [4.69, 9.17) is 11.5 Å². The SMILES string of the molecule is CC(N)=CC(N)=Nc1cc(N2CCC2)nc(Sc2ccc(NC(=O)CC(F)(F)F)cc2)n1.[HH].[HH].[HH]. The van der Waals surface area contributed by atoms with Crippen molar-refractivity contribution in [3.63, 3.8) is 0 Å². The normalized spacial score (nSPS) is 14.8. The maximum absolute atomic E-state index is 12.3. The highest BCUT2D eigenvalue weighted by molar-refractivity contribution is 7.99. The number of carbonyl (C=O) groups is 1. The zero-order chi connectivity index (χ0) is 23.3. The molecular formula is C20H28F3N7OS. The van der Waals surface area contributed by atoms with Gasteiger partial charge in [-0.15, -0.1) is 0 Å². The number of aromatic nitrogens is 2. The van der Waals surface area contributed by atoms with Crippen LogP contribution in [0.15, 0.2) is 57.1 Å². The molecule has 1 saturated heterocycles. The third-order valence-electron chi connectivity index (χ3n) is 4.19. The number of carbonyl (C=O) groups excluding carboxylic acids is 1. The highest BCUT2D eigenvalue weighted by Gasteiger charge is 2.31. The molecule has 0 bridgehead atoms. The number of hydrogen-bond donors (Lipinski definition) is 3. The van der Waals surface area contributed by atoms with Gasteiger partial charge in [0.05, 0.1) is 0 Å². The smallest absolute Gasteiger partial charge is 0.397 e. The molecule has 0 radical (unpaired) electrons. The summed E-state index contributed by atoms with van der Waals surface area (Å²) in [6, 6.07) is 8.09. The van der Waals surface area contributed by atoms with Crippen molar-refractivity contribution in [3.05, 3.63) is 42.1 Å². The van der Waals surface area contributed by atoms with Crippen LogP contribution >= 0.6 is 11.8 Å². The van der Waals surface area contributed by atoms with Crippen molar-refractivity contribution < 1.29 is 22.2 Å². The van der Waals surface area contributed by atoms with Crippen molar-refractivity contribution in [2.75, 3.05) is 23.3 Å². The van der Waals surface area contributed by atoms with Crippen LogP contribution in [0.25, 0.3) is 0 Å². The summed E-state index contributed by atoms with van der Waals surface area (Å²) in [5.41, 5.74) is 12.3. The third-order valence-corrected chi connectivity index (χ3v) is 5.06. The molecular weight excluding hydrogens is 443 g/mol. The molecule has 0 saturated carbocycles. The number of halogens is 3. The molecule has 3 rings (SSSR count). The predicted molar refractivity (Wildman–Crippen MR) is 124 cm³/mol. The number of alkyl halides is 3. The molecule has 12 heteroatoms. The molecule has 2 heterocycles. The number of allylic oxidation sites excluding steroid dienone is 1. The summed E-state index contributed by atoms with van der Waals surface area (Å²) in [6.07, 6.45) is -3.49. The second-order valence-corrected chi connectivity index (χ2v) is 8.14. The summed E-state index contributed by atoms with van der Waals surface area (Å²) in [5, 5.41) is 2.66. The van der Waals surface area contributed by atoms with Crippen molar-refractivity contribution in [3.8, 4) is 0 Å². The van der Waals surface area contributed by atoms with Gasteiger partial charge in [-0.1, -0.05) is 0 Å². The Labute approximate surface area is 191 Å². The lowest BCUT2D eigenvalue weighted by Gasteiger charge is -2.32. The van der Waals surface area contributed by atoms with Gasteiger partial charge in [-0.2, -0.15) is 13.2 Å². The number of nitrogens with one attached hydrogen (secondary N) is 1. The number of amidine groups is 1. The number of rotatable bonds is 7. The first-order valence-electron chi connectivity index (χ1n) is 9.64. The quantitative estimate of drug-likeness (QED) is 0.312. The van der Waals surface area contributed by atoms with Crippen molar-refractivity contribution >= 4 is 40.8 Å². The summed E-state index contributed by atoms with van der Waals surface area (Å²) in [5.74, 6) is 0.207. The molecule has 2 aromatic rings. The Bertz CT molecular complexity index is 1050. The van der Waals surface area contributed by atoms with Gasteiger partial charge in [0.25, 0.3) is 0 Å². The minimum Gasteiger partial charge on any atom is -0.402 e. The van der Waals surface area contributed by atoms with Crippen LogP contribution in [-0.2, 0) is 4.79 Å². The number of nitrogens with two attached hydrogens (primary N) is 2. The monoisotopic (exact) mass is 471 g/mol. The molecule has 0 atom stereocenters. The second kappa shape index (κ2) is 9.90. The Kier molecular flexibility index (Phi) is 7.23. The minimum absolute atomic E-state index is 0. The fourth-order valence-electron chi connectivity index (χ4n) is 2.71. The summed E-state index contributed by atoms with van der Waals surface area (Å²) in [4.78, 5) is 27.5. The number of benzene rings is 1. The summed E-state index contributed by atoms with van der Waals surface area (Å²) in [6.45, 7) is 3.46. The molecule has 1 aliphatic rings. The Morgan fingerprint density at radius 1 is 1.28 bits per heavy atom. The van der Waals surface area contributed by atoms with E-state index in [9.17, 15) is 18.0 Å². The molecule has 0 unspecified atom stereocenters. The van der Waals surface area contributed by atoms with Gasteiger partial charge in [0.15, 0.2) is 11.0 Å². The number of anilines is 2. The van der Waals surface area contributed by atoms with Crippen LogP contribution < -0.4 is 21.7 Å². The topological polar surface area (TPSA) is 123 Å². The zero-order valence-electron chi connectivity index (χ0n) is 17.2. The number of aliphatic imine (C=N–C) groups is 1. The molecule has 0 aliphatic carbocycles. The van der Waals surface area contributed by atoms with E-state index in [1.54, 1.807) is 25.1 Å². The van der Waals surface area contributed by atoms with Crippen LogP contribution in [0.5, 0.6) is 0 Å². The fraction of sp³-hybridized carbons (Fsp3) is 0.300. The van der Waals surface area contributed by atoms with Crippen LogP contribution in [0.4, 0.5) is 30.5 Å². The van der Waals surface area contributed by atoms with E-state index in [-0.39, 0.29) is 15.8 Å². The van der Waals surface area contributed by atoms with E-state index in [0.717, 1.165) is 30.2 Å². The van der Waals surface area contributed by atoms with E-state index >= 15 is 0 Å². The van der Waals surface area contributed by atoms with Gasteiger partial charge in [-0.05, 0) is 55.4 Å². The van der Waals surface area contributed by atoms with Gasteiger partial charge in [0.2, 0.25) is 5.91 Å². The number of amides is 1. The van der Waals surface area contributed by atoms with Crippen molar-refractivity contribution in [2.45, 2.75) is 36.0 Å². The van der Waals surface area contributed by atoms with E-state index in [2.05, 4.69) is 25.2 Å². The Hall–Kier alpha value is -3.28. The van der Waals surface area contributed by atoms with Gasteiger partial charge in [-0.25, -0.2) is 15.0 Å². The summed E-state index contributed by atoms with van der Waals surface area (Å²) in [7, 11) is 0. The zero-order valence-corrected chi connectivity index (χ0v) is 18.0. The van der Waals surface area contributed by atoms with Crippen LogP contribution in [0.2, 0.25) is 0 Å². The lowest BCUT2D eigenvalue weighted by atomic mass is 10.2. The molecule has 176 valence electrons. The first-order valence-corrected chi connectivity index (χ1v) is 10.5. The largest absolute Gasteiger partial charge is 0.402 e. The first kappa shape index (κ1) is 23.4. The van der Waals surface area contributed by atoms with Crippen molar-refractivity contribution in [1.29, 1.82) is 0 Å². The summed E-state index contributed by atoms with van der Waals surface area (Å²) < 4.78 is 36.9. The average Bonchev–Trinajstić information content (AvgIpc) is 2.59. The van der Waals surface area contributed by atoms with Gasteiger partial charge in [-0.3, -0.25) is 4.79 Å². The maximum Gasteiger partial charge on any atom is 0.397 e. The standard InChI is InChI=1S/C20H22F3N7OS.3H2/c1-12(24)9-15(25)27-16-10-17(30-7-2-8-30)29-19(28-16)32-14-5-3-13(4-6-14)26-18(31)11-20(21,22)23;;;/h3-6,9-10H,2,7-8,11,24H2,1H3,(H,26,31)(H2,25,27,28,29);3*1H. The molecule has 32 heavy (non-hydrogen) atoms. The van der Waals surface area contributed by atoms with E-state index in [0.29, 0.717) is 16.7 Å². The van der Waals surface area contributed by atoms with Crippen LogP contribution in [-0.4, -0.2) is 41.0 Å². The first-order chi connectivity index (χ1) is 15.1. The molecule has 1 amide bonds. The molecule has 0 spiro atoms. The van der Waals surface area contributed by atoms with Gasteiger partial charge >= 0.3 is 6.18 Å². The Morgan fingerprint density at radius 3 is 2.53 bits per heavy atom. The van der Waals surface area contributed by atoms with E-state index < -0.39 is 18.5 Å². The minimum atomic E-state index is -4.55. The molecule has 5 N–H and O–H groups in total. The van der Waals surface area contributed by atoms with Crippen LogP contribution in [0.3, 0.4) is 0 Å². The molecule has 1 fully saturated rings. The highest BCUT2D eigenvalue weighted by Crippen LogP contribution is 2.31. The lowest BCUT2D eigenvalue weighted by molar-refractivity contribution is -0.150. The third kappa shape index (κ3) is 7.15. The van der Waals surface area contributed by atoms with Crippen LogP contribution in [0.1, 0.15) is 24.0 Å². The fourth-order valence-corrected chi connectivity index (χ4v) is 3.47. The predicted octanol–water partition coefficient (Wildman–Crippen LogP) is 4.32. The number of hydrogen-bond acceptors (Lipinski definition) is 7. The van der Waals surface area contributed by atoms with E-state index in [1.807, 2.05) is 0 Å². The molecule has 1 aromatic heterocycles. The molecule has 1 aromatic carbocycles. The van der Waals surface area contributed by atoms with Crippen LogP contribution in [0, 0.1) is 0 Å². The van der Waals surface area contributed by atoms with E-state index in [1.165, 1.54) is 30.0 Å².